The van der Waals surface area contributed by atoms with Crippen LogP contribution >= 0.6 is 0 Å². The summed E-state index contributed by atoms with van der Waals surface area (Å²) in [6.07, 6.45) is 5.85. The van der Waals surface area contributed by atoms with E-state index in [1.54, 1.807) is 0 Å². The zero-order valence-electron chi connectivity index (χ0n) is 17.8. The average Bonchev–Trinajstić information content (AvgIpc) is 3.27. The Morgan fingerprint density at radius 2 is 1.81 bits per heavy atom. The maximum atomic E-state index is 12.0. The number of piperazine rings is 1. The van der Waals surface area contributed by atoms with Crippen molar-refractivity contribution in [2.75, 3.05) is 45.8 Å². The number of guanidine groups is 1. The number of aliphatic imine (C=N–C) groups is 1. The fourth-order valence-electron chi connectivity index (χ4n) is 4.95. The van der Waals surface area contributed by atoms with Crippen molar-refractivity contribution in [3.8, 4) is 0 Å². The van der Waals surface area contributed by atoms with Crippen LogP contribution in [0.5, 0.6) is 0 Å². The van der Waals surface area contributed by atoms with Crippen molar-refractivity contribution in [2.24, 2.45) is 22.2 Å². The summed E-state index contributed by atoms with van der Waals surface area (Å²) in [5.74, 6) is 3.06. The van der Waals surface area contributed by atoms with Crippen LogP contribution < -0.4 is 10.6 Å². The van der Waals surface area contributed by atoms with E-state index in [2.05, 4.69) is 27.4 Å². The molecule has 1 saturated heterocycles. The van der Waals surface area contributed by atoms with Crippen LogP contribution in [0, 0.1) is 17.3 Å². The smallest absolute Gasteiger partial charge is 0.225 e. The van der Waals surface area contributed by atoms with Crippen LogP contribution in [0.1, 0.15) is 53.4 Å². The van der Waals surface area contributed by atoms with Gasteiger partial charge in [-0.15, -0.1) is 0 Å². The minimum atomic E-state index is -0.343. The Morgan fingerprint density at radius 3 is 2.37 bits per heavy atom. The molecule has 0 aromatic heterocycles. The zero-order chi connectivity index (χ0) is 19.4. The van der Waals surface area contributed by atoms with Crippen LogP contribution in [0.3, 0.4) is 0 Å². The number of rotatable bonds is 5. The summed E-state index contributed by atoms with van der Waals surface area (Å²) in [5, 5.41) is 6.41. The Morgan fingerprint density at radius 1 is 1.07 bits per heavy atom. The summed E-state index contributed by atoms with van der Waals surface area (Å²) in [4.78, 5) is 21.8. The second-order valence-corrected chi connectivity index (χ2v) is 9.51. The Hall–Kier alpha value is -1.30. The lowest BCUT2D eigenvalue weighted by Crippen LogP contribution is -2.55. The van der Waals surface area contributed by atoms with E-state index in [-0.39, 0.29) is 11.3 Å². The van der Waals surface area contributed by atoms with Crippen molar-refractivity contribution in [3.05, 3.63) is 0 Å². The van der Waals surface area contributed by atoms with Gasteiger partial charge in [-0.1, -0.05) is 27.2 Å². The van der Waals surface area contributed by atoms with E-state index in [4.69, 9.17) is 4.99 Å². The Balaban J connectivity index is 1.45. The molecule has 3 atom stereocenters. The van der Waals surface area contributed by atoms with Gasteiger partial charge in [0.25, 0.3) is 0 Å². The highest BCUT2D eigenvalue weighted by molar-refractivity contribution is 5.81. The quantitative estimate of drug-likeness (QED) is 0.437. The van der Waals surface area contributed by atoms with Gasteiger partial charge in [0.2, 0.25) is 5.91 Å². The molecule has 2 saturated carbocycles. The van der Waals surface area contributed by atoms with Crippen molar-refractivity contribution in [1.82, 2.24) is 20.4 Å². The molecule has 154 valence electrons. The summed E-state index contributed by atoms with van der Waals surface area (Å²) in [6, 6.07) is 0.845. The molecule has 27 heavy (non-hydrogen) atoms. The van der Waals surface area contributed by atoms with E-state index in [0.717, 1.165) is 56.6 Å². The lowest BCUT2D eigenvalue weighted by atomic mass is 9.93. The third-order valence-corrected chi connectivity index (χ3v) is 6.46. The van der Waals surface area contributed by atoms with Crippen molar-refractivity contribution in [1.29, 1.82) is 0 Å². The predicted molar refractivity (Wildman–Crippen MR) is 111 cm³/mol. The lowest BCUT2D eigenvalue weighted by Gasteiger charge is -2.42. The number of fused-ring (bicyclic) bond motifs is 2. The standard InChI is InChI=1S/C21H39N5O/c1-5-22-20(24-9-8-23-19(27)21(2,3)4)26-12-10-25(11-13-26)18-15-16-6-7-17(18)14-16/h16-18H,5-15H2,1-4H3,(H,22,24)(H,23,27). The van der Waals surface area contributed by atoms with Crippen molar-refractivity contribution in [2.45, 2.75) is 59.4 Å². The van der Waals surface area contributed by atoms with Crippen LogP contribution in [0.4, 0.5) is 0 Å². The maximum Gasteiger partial charge on any atom is 0.225 e. The van der Waals surface area contributed by atoms with E-state index in [9.17, 15) is 4.79 Å². The van der Waals surface area contributed by atoms with Gasteiger partial charge in [-0.3, -0.25) is 14.7 Å². The number of carbonyl (C=O) groups excluding carboxylic acids is 1. The van der Waals surface area contributed by atoms with Crippen LogP contribution in [-0.2, 0) is 4.79 Å². The minimum Gasteiger partial charge on any atom is -0.357 e. The van der Waals surface area contributed by atoms with Gasteiger partial charge in [-0.25, -0.2) is 0 Å². The summed E-state index contributed by atoms with van der Waals surface area (Å²) >= 11 is 0. The molecule has 1 amide bonds. The summed E-state index contributed by atoms with van der Waals surface area (Å²) in [6.45, 7) is 14.4. The Kier molecular flexibility index (Phi) is 6.66. The second kappa shape index (κ2) is 8.80. The van der Waals surface area contributed by atoms with Crippen molar-refractivity contribution >= 4 is 11.9 Å². The van der Waals surface area contributed by atoms with Crippen LogP contribution in [0.15, 0.2) is 4.99 Å². The maximum absolute atomic E-state index is 12.0. The first-order chi connectivity index (χ1) is 12.9. The van der Waals surface area contributed by atoms with Crippen molar-refractivity contribution in [3.63, 3.8) is 0 Å². The average molecular weight is 378 g/mol. The molecule has 2 bridgehead atoms. The first-order valence-corrected chi connectivity index (χ1v) is 10.9. The van der Waals surface area contributed by atoms with E-state index >= 15 is 0 Å². The highest BCUT2D eigenvalue weighted by atomic mass is 16.2. The monoisotopic (exact) mass is 377 g/mol. The second-order valence-electron chi connectivity index (χ2n) is 9.51. The van der Waals surface area contributed by atoms with Gasteiger partial charge in [0.1, 0.15) is 0 Å². The molecule has 3 aliphatic rings. The molecular weight excluding hydrogens is 338 g/mol. The highest BCUT2D eigenvalue weighted by Gasteiger charge is 2.42. The molecule has 1 aliphatic heterocycles. The normalized spacial score (nSPS) is 29.3. The van der Waals surface area contributed by atoms with Gasteiger partial charge in [0, 0.05) is 50.7 Å². The molecule has 0 spiro atoms. The molecule has 2 aliphatic carbocycles. The van der Waals surface area contributed by atoms with Gasteiger partial charge >= 0.3 is 0 Å². The SMILES string of the molecule is CCNC(=NCCNC(=O)C(C)(C)C)N1CCN(C2CC3CCC2C3)CC1. The molecule has 3 unspecified atom stereocenters. The molecule has 1 heterocycles. The predicted octanol–water partition coefficient (Wildman–Crippen LogP) is 1.92. The van der Waals surface area contributed by atoms with Gasteiger partial charge in [0.05, 0.1) is 6.54 Å². The Labute approximate surface area is 165 Å². The first-order valence-electron chi connectivity index (χ1n) is 10.9. The Bertz CT molecular complexity index is 533. The zero-order valence-corrected chi connectivity index (χ0v) is 17.8. The number of amides is 1. The number of nitrogens with zero attached hydrogens (tertiary/aromatic N) is 3. The number of carbonyl (C=O) groups is 1. The van der Waals surface area contributed by atoms with E-state index in [1.807, 2.05) is 20.8 Å². The number of nitrogens with one attached hydrogen (secondary N) is 2. The van der Waals surface area contributed by atoms with Gasteiger partial charge in [0.15, 0.2) is 5.96 Å². The van der Waals surface area contributed by atoms with Crippen LogP contribution in [0.2, 0.25) is 0 Å². The molecule has 6 heteroatoms. The largest absolute Gasteiger partial charge is 0.357 e. The summed E-state index contributed by atoms with van der Waals surface area (Å²) < 4.78 is 0. The molecule has 0 radical (unpaired) electrons. The highest BCUT2D eigenvalue weighted by Crippen LogP contribution is 2.46. The fraction of sp³-hybridized carbons (Fsp3) is 0.905. The minimum absolute atomic E-state index is 0.0853. The van der Waals surface area contributed by atoms with Crippen molar-refractivity contribution < 1.29 is 4.79 Å². The van der Waals surface area contributed by atoms with Gasteiger partial charge < -0.3 is 15.5 Å². The van der Waals surface area contributed by atoms with E-state index < -0.39 is 0 Å². The molecule has 3 fully saturated rings. The molecule has 6 nitrogen and oxygen atoms in total. The van der Waals surface area contributed by atoms with Gasteiger partial charge in [-0.05, 0) is 38.0 Å². The first kappa shape index (κ1) is 20.4. The molecule has 3 rings (SSSR count). The molecule has 2 N–H and O–H groups in total. The molecule has 0 aromatic rings. The molecular formula is C21H39N5O. The topological polar surface area (TPSA) is 60.0 Å². The third-order valence-electron chi connectivity index (χ3n) is 6.46. The van der Waals surface area contributed by atoms with Crippen LogP contribution in [0.25, 0.3) is 0 Å². The summed E-state index contributed by atoms with van der Waals surface area (Å²) in [7, 11) is 0. The van der Waals surface area contributed by atoms with E-state index in [1.165, 1.54) is 25.7 Å². The molecule has 0 aromatic carbocycles. The third kappa shape index (κ3) is 5.15. The van der Waals surface area contributed by atoms with E-state index in [0.29, 0.717) is 13.1 Å². The van der Waals surface area contributed by atoms with Gasteiger partial charge in [-0.2, -0.15) is 0 Å². The lowest BCUT2D eigenvalue weighted by molar-refractivity contribution is -0.128. The van der Waals surface area contributed by atoms with Crippen LogP contribution in [-0.4, -0.2) is 73.5 Å². The fourth-order valence-corrected chi connectivity index (χ4v) is 4.95. The number of hydrogen-bond acceptors (Lipinski definition) is 3. The summed E-state index contributed by atoms with van der Waals surface area (Å²) in [5.41, 5.74) is -0.343. The number of hydrogen-bond donors (Lipinski definition) is 2.